The van der Waals surface area contributed by atoms with E-state index in [0.717, 1.165) is 48.7 Å². The molecule has 32 heavy (non-hydrogen) atoms. The Kier molecular flexibility index (Phi) is 7.44. The van der Waals surface area contributed by atoms with Crippen LogP contribution in [0.5, 0.6) is 0 Å². The van der Waals surface area contributed by atoms with Gasteiger partial charge in [0.05, 0.1) is 19.3 Å². The minimum absolute atomic E-state index is 0.0281. The summed E-state index contributed by atoms with van der Waals surface area (Å²) in [5, 5.41) is 5.93. The molecule has 3 heterocycles. The van der Waals surface area contributed by atoms with E-state index >= 15 is 0 Å². The number of morpholine rings is 1. The fourth-order valence-electron chi connectivity index (χ4n) is 4.30. The minimum atomic E-state index is -0.216. The number of hydrogen-bond donors (Lipinski definition) is 2. The third-order valence-electron chi connectivity index (χ3n) is 6.02. The van der Waals surface area contributed by atoms with Gasteiger partial charge in [-0.25, -0.2) is 4.79 Å². The van der Waals surface area contributed by atoms with E-state index in [4.69, 9.17) is 9.15 Å². The molecule has 1 atom stereocenters. The maximum absolute atomic E-state index is 12.5. The number of nitrogens with one attached hydrogen (secondary N) is 2. The van der Waals surface area contributed by atoms with Gasteiger partial charge in [0, 0.05) is 45.7 Å². The Morgan fingerprint density at radius 1 is 1.09 bits per heavy atom. The first kappa shape index (κ1) is 22.4. The number of carbonyl (C=O) groups is 2. The molecule has 0 saturated carbocycles. The number of aryl methyl sites for hydroxylation is 1. The molecule has 2 fully saturated rings. The molecule has 1 aromatic heterocycles. The van der Waals surface area contributed by atoms with Crippen molar-refractivity contribution in [3.05, 3.63) is 59.0 Å². The lowest BCUT2D eigenvalue weighted by atomic mass is 10.1. The van der Waals surface area contributed by atoms with Crippen molar-refractivity contribution >= 4 is 11.9 Å². The second-order valence-corrected chi connectivity index (χ2v) is 8.41. The van der Waals surface area contributed by atoms with Gasteiger partial charge in [0.25, 0.3) is 0 Å². The molecule has 2 aromatic rings. The highest BCUT2D eigenvalue weighted by atomic mass is 16.5. The number of carbonyl (C=O) groups excluding carboxylic acids is 2. The molecule has 0 aliphatic carbocycles. The van der Waals surface area contributed by atoms with E-state index in [2.05, 4.69) is 15.5 Å². The third kappa shape index (κ3) is 5.89. The van der Waals surface area contributed by atoms with Gasteiger partial charge in [-0.05, 0) is 36.6 Å². The summed E-state index contributed by atoms with van der Waals surface area (Å²) in [7, 11) is 0. The molecule has 0 bridgehead atoms. The molecule has 8 nitrogen and oxygen atoms in total. The van der Waals surface area contributed by atoms with E-state index < -0.39 is 0 Å². The summed E-state index contributed by atoms with van der Waals surface area (Å²) in [5.41, 5.74) is 2.09. The van der Waals surface area contributed by atoms with Gasteiger partial charge in [0.2, 0.25) is 5.91 Å². The summed E-state index contributed by atoms with van der Waals surface area (Å²) >= 11 is 0. The normalized spacial score (nSPS) is 18.0. The Balaban J connectivity index is 1.29. The second kappa shape index (κ2) is 10.7. The topological polar surface area (TPSA) is 87.1 Å². The van der Waals surface area contributed by atoms with Crippen LogP contribution < -0.4 is 10.6 Å². The van der Waals surface area contributed by atoms with Gasteiger partial charge in [0.1, 0.15) is 11.5 Å². The van der Waals surface area contributed by atoms with Gasteiger partial charge >= 0.3 is 6.03 Å². The van der Waals surface area contributed by atoms with Gasteiger partial charge in [-0.1, -0.05) is 24.3 Å². The van der Waals surface area contributed by atoms with Crippen LogP contribution in [0.2, 0.25) is 0 Å². The summed E-state index contributed by atoms with van der Waals surface area (Å²) in [4.78, 5) is 28.5. The molecule has 172 valence electrons. The molecule has 2 saturated heterocycles. The number of ether oxygens (including phenoxy) is 1. The van der Waals surface area contributed by atoms with Crippen molar-refractivity contribution < 1.29 is 18.7 Å². The fraction of sp³-hybridized carbons (Fsp3) is 0.500. The Bertz CT molecular complexity index is 922. The lowest BCUT2D eigenvalue weighted by Crippen LogP contribution is -2.45. The summed E-state index contributed by atoms with van der Waals surface area (Å²) in [6.45, 7) is 7.23. The van der Waals surface area contributed by atoms with Crippen LogP contribution >= 0.6 is 0 Å². The van der Waals surface area contributed by atoms with Crippen molar-refractivity contribution in [3.63, 3.8) is 0 Å². The number of amides is 3. The van der Waals surface area contributed by atoms with Crippen LogP contribution in [0.3, 0.4) is 0 Å². The van der Waals surface area contributed by atoms with E-state index in [1.165, 1.54) is 0 Å². The number of rotatable bonds is 8. The van der Waals surface area contributed by atoms with Crippen molar-refractivity contribution in [2.75, 3.05) is 39.4 Å². The number of benzene rings is 1. The lowest BCUT2D eigenvalue weighted by Gasteiger charge is -2.33. The first-order valence-corrected chi connectivity index (χ1v) is 11.3. The molecular weight excluding hydrogens is 408 g/mol. The zero-order chi connectivity index (χ0) is 22.3. The van der Waals surface area contributed by atoms with Gasteiger partial charge < -0.3 is 24.7 Å². The van der Waals surface area contributed by atoms with Gasteiger partial charge in [-0.15, -0.1) is 0 Å². The quantitative estimate of drug-likeness (QED) is 0.659. The number of nitrogens with zero attached hydrogens (tertiary/aromatic N) is 2. The van der Waals surface area contributed by atoms with E-state index in [0.29, 0.717) is 39.3 Å². The molecule has 3 amide bonds. The average molecular weight is 441 g/mol. The Morgan fingerprint density at radius 2 is 1.91 bits per heavy atom. The van der Waals surface area contributed by atoms with Crippen LogP contribution in [0.4, 0.5) is 4.79 Å². The van der Waals surface area contributed by atoms with Gasteiger partial charge in [0.15, 0.2) is 0 Å². The summed E-state index contributed by atoms with van der Waals surface area (Å²) in [6.07, 6.45) is 1.58. The van der Waals surface area contributed by atoms with Crippen molar-refractivity contribution in [2.24, 2.45) is 0 Å². The molecule has 4 rings (SSSR count). The van der Waals surface area contributed by atoms with Crippen molar-refractivity contribution in [1.29, 1.82) is 0 Å². The third-order valence-corrected chi connectivity index (χ3v) is 6.02. The molecule has 8 heteroatoms. The summed E-state index contributed by atoms with van der Waals surface area (Å²) < 4.78 is 11.3. The first-order valence-electron chi connectivity index (χ1n) is 11.3. The van der Waals surface area contributed by atoms with Crippen LogP contribution in [-0.4, -0.2) is 61.1 Å². The highest BCUT2D eigenvalue weighted by molar-refractivity contribution is 5.78. The zero-order valence-corrected chi connectivity index (χ0v) is 18.6. The lowest BCUT2D eigenvalue weighted by molar-refractivity contribution is -0.128. The van der Waals surface area contributed by atoms with Crippen LogP contribution in [0.1, 0.15) is 41.5 Å². The maximum atomic E-state index is 12.5. The maximum Gasteiger partial charge on any atom is 0.315 e. The standard InChI is InChI=1S/C24H32N4O4/c1-18-7-8-22(32-18)21(27-10-12-31-13-11-27)16-26-24(30)25-15-19-4-2-5-20(14-19)17-28-9-3-6-23(28)29/h2,4-5,7-8,14,21H,3,6,9-13,15-17H2,1H3,(H2,25,26,30). The fourth-order valence-corrected chi connectivity index (χ4v) is 4.30. The molecule has 2 N–H and O–H groups in total. The molecule has 2 aliphatic rings. The van der Waals surface area contributed by atoms with Crippen LogP contribution in [-0.2, 0) is 22.6 Å². The molecule has 0 radical (unpaired) electrons. The number of furan rings is 1. The van der Waals surface area contributed by atoms with Gasteiger partial charge in [-0.2, -0.15) is 0 Å². The molecule has 2 aliphatic heterocycles. The molecule has 0 spiro atoms. The Labute approximate surface area is 188 Å². The van der Waals surface area contributed by atoms with Crippen molar-refractivity contribution in [2.45, 2.75) is 38.9 Å². The SMILES string of the molecule is Cc1ccc(C(CNC(=O)NCc2cccc(CN3CCCC3=O)c2)N2CCOCC2)o1. The van der Waals surface area contributed by atoms with E-state index in [1.807, 2.05) is 48.2 Å². The predicted octanol–water partition coefficient (Wildman–Crippen LogP) is 2.58. The smallest absolute Gasteiger partial charge is 0.315 e. The zero-order valence-electron chi connectivity index (χ0n) is 18.6. The van der Waals surface area contributed by atoms with Crippen molar-refractivity contribution in [1.82, 2.24) is 20.4 Å². The number of urea groups is 1. The summed E-state index contributed by atoms with van der Waals surface area (Å²) in [5.74, 6) is 1.93. The van der Waals surface area contributed by atoms with Crippen LogP contribution in [0.15, 0.2) is 40.8 Å². The highest BCUT2D eigenvalue weighted by Crippen LogP contribution is 2.23. The van der Waals surface area contributed by atoms with E-state index in [1.54, 1.807) is 0 Å². The van der Waals surface area contributed by atoms with Crippen LogP contribution in [0, 0.1) is 6.92 Å². The van der Waals surface area contributed by atoms with Crippen LogP contribution in [0.25, 0.3) is 0 Å². The monoisotopic (exact) mass is 440 g/mol. The Morgan fingerprint density at radius 3 is 2.62 bits per heavy atom. The number of likely N-dealkylation sites (tertiary alicyclic amines) is 1. The average Bonchev–Trinajstić information content (AvgIpc) is 3.41. The summed E-state index contributed by atoms with van der Waals surface area (Å²) in [6, 6.07) is 11.7. The number of hydrogen-bond acceptors (Lipinski definition) is 5. The first-order chi connectivity index (χ1) is 15.6. The largest absolute Gasteiger partial charge is 0.465 e. The minimum Gasteiger partial charge on any atom is -0.465 e. The van der Waals surface area contributed by atoms with Gasteiger partial charge in [-0.3, -0.25) is 9.69 Å². The predicted molar refractivity (Wildman–Crippen MR) is 120 cm³/mol. The van der Waals surface area contributed by atoms with E-state index in [-0.39, 0.29) is 18.0 Å². The molecule has 1 aromatic carbocycles. The second-order valence-electron chi connectivity index (χ2n) is 8.41. The Hall–Kier alpha value is -2.84. The molecule has 1 unspecified atom stereocenters. The van der Waals surface area contributed by atoms with E-state index in [9.17, 15) is 9.59 Å². The molecular formula is C24H32N4O4. The highest BCUT2D eigenvalue weighted by Gasteiger charge is 2.25. The van der Waals surface area contributed by atoms with Crippen molar-refractivity contribution in [3.8, 4) is 0 Å².